The van der Waals surface area contributed by atoms with Crippen molar-refractivity contribution >= 4 is 5.82 Å². The lowest BCUT2D eigenvalue weighted by Crippen LogP contribution is -2.30. The van der Waals surface area contributed by atoms with Crippen LogP contribution in [0.15, 0.2) is 36.5 Å². The highest BCUT2D eigenvalue weighted by Gasteiger charge is 2.20. The summed E-state index contributed by atoms with van der Waals surface area (Å²) in [6, 6.07) is 10.6. The molecule has 3 N–H and O–H groups in total. The predicted octanol–water partition coefficient (Wildman–Crippen LogP) is 3.57. The van der Waals surface area contributed by atoms with Gasteiger partial charge in [-0.05, 0) is 62.3 Å². The summed E-state index contributed by atoms with van der Waals surface area (Å²) in [6.45, 7) is 6.15. The van der Waals surface area contributed by atoms with Crippen molar-refractivity contribution in [1.82, 2.24) is 20.6 Å². The second-order valence-corrected chi connectivity index (χ2v) is 7.74. The maximum atomic E-state index is 5.13. The highest BCUT2D eigenvalue weighted by molar-refractivity contribution is 5.35. The van der Waals surface area contributed by atoms with Crippen LogP contribution in [0.25, 0.3) is 0 Å². The number of aromatic nitrogens is 2. The van der Waals surface area contributed by atoms with Gasteiger partial charge in [0.05, 0.1) is 7.11 Å². The highest BCUT2D eigenvalue weighted by atomic mass is 16.5. The second-order valence-electron chi connectivity index (χ2n) is 7.74. The molecule has 0 saturated heterocycles. The Morgan fingerprint density at radius 2 is 2.03 bits per heavy atom. The monoisotopic (exact) mass is 397 g/mol. The molecule has 1 atom stereocenters. The molecule has 1 unspecified atom stereocenters. The molecule has 2 aromatic heterocycles. The van der Waals surface area contributed by atoms with Crippen molar-refractivity contribution in [2.45, 2.75) is 45.1 Å². The molecular formula is C23H35N5O. The van der Waals surface area contributed by atoms with Crippen molar-refractivity contribution < 1.29 is 4.74 Å². The van der Waals surface area contributed by atoms with E-state index in [1.807, 2.05) is 12.3 Å². The van der Waals surface area contributed by atoms with Gasteiger partial charge in [0.1, 0.15) is 5.82 Å². The molecule has 1 aliphatic carbocycles. The number of aryl methyl sites for hydroxylation is 1. The van der Waals surface area contributed by atoms with Gasteiger partial charge >= 0.3 is 0 Å². The van der Waals surface area contributed by atoms with Crippen molar-refractivity contribution in [3.63, 3.8) is 0 Å². The summed E-state index contributed by atoms with van der Waals surface area (Å²) < 4.78 is 5.13. The minimum absolute atomic E-state index is 0.324. The quantitative estimate of drug-likeness (QED) is 0.423. The molecular weight excluding hydrogens is 362 g/mol. The van der Waals surface area contributed by atoms with Crippen molar-refractivity contribution in [3.8, 4) is 5.88 Å². The van der Waals surface area contributed by atoms with Crippen LogP contribution in [-0.4, -0.2) is 43.3 Å². The molecule has 0 spiro atoms. The third-order valence-corrected chi connectivity index (χ3v) is 5.33. The van der Waals surface area contributed by atoms with E-state index in [0.717, 1.165) is 57.2 Å². The molecule has 3 rings (SSSR count). The molecule has 29 heavy (non-hydrogen) atoms. The summed E-state index contributed by atoms with van der Waals surface area (Å²) in [7, 11) is 1.64. The van der Waals surface area contributed by atoms with Gasteiger partial charge in [-0.2, -0.15) is 0 Å². The minimum Gasteiger partial charge on any atom is -0.481 e. The van der Waals surface area contributed by atoms with Crippen LogP contribution < -0.4 is 20.7 Å². The summed E-state index contributed by atoms with van der Waals surface area (Å²) in [5.41, 5.74) is 2.37. The summed E-state index contributed by atoms with van der Waals surface area (Å²) in [4.78, 5) is 9.03. The first-order chi connectivity index (χ1) is 14.3. The topological polar surface area (TPSA) is 71.1 Å². The fourth-order valence-corrected chi connectivity index (χ4v) is 3.36. The van der Waals surface area contributed by atoms with E-state index in [0.29, 0.717) is 11.9 Å². The largest absolute Gasteiger partial charge is 0.481 e. The first kappa shape index (κ1) is 21.5. The molecule has 1 fully saturated rings. The Hall–Kier alpha value is -2.18. The number of nitrogens with one attached hydrogen (secondary N) is 3. The molecule has 0 bridgehead atoms. The minimum atomic E-state index is 0.324. The van der Waals surface area contributed by atoms with Gasteiger partial charge in [0.2, 0.25) is 5.88 Å². The van der Waals surface area contributed by atoms with Gasteiger partial charge in [0.25, 0.3) is 0 Å². The van der Waals surface area contributed by atoms with Crippen LogP contribution in [0, 0.1) is 5.92 Å². The lowest BCUT2D eigenvalue weighted by atomic mass is 10.1. The van der Waals surface area contributed by atoms with E-state index in [-0.39, 0.29) is 0 Å². The van der Waals surface area contributed by atoms with Gasteiger partial charge in [-0.1, -0.05) is 19.1 Å². The van der Waals surface area contributed by atoms with Crippen LogP contribution in [0.3, 0.4) is 0 Å². The van der Waals surface area contributed by atoms with Gasteiger partial charge in [-0.3, -0.25) is 0 Å². The summed E-state index contributed by atoms with van der Waals surface area (Å²) in [5.74, 6) is 2.54. The third-order valence-electron chi connectivity index (χ3n) is 5.33. The van der Waals surface area contributed by atoms with E-state index < -0.39 is 0 Å². The van der Waals surface area contributed by atoms with Gasteiger partial charge in [0.15, 0.2) is 0 Å². The number of hydrogen-bond donors (Lipinski definition) is 3. The normalized spacial score (nSPS) is 14.6. The van der Waals surface area contributed by atoms with Gasteiger partial charge in [-0.25, -0.2) is 9.97 Å². The molecule has 0 aromatic carbocycles. The average molecular weight is 398 g/mol. The Bertz CT molecular complexity index is 717. The van der Waals surface area contributed by atoms with Crippen LogP contribution in [0.4, 0.5) is 5.82 Å². The Labute approximate surface area is 174 Å². The lowest BCUT2D eigenvalue weighted by molar-refractivity contribution is 0.396. The van der Waals surface area contributed by atoms with E-state index in [4.69, 9.17) is 9.72 Å². The van der Waals surface area contributed by atoms with Crippen LogP contribution in [0.5, 0.6) is 5.88 Å². The number of nitrogens with zero attached hydrogens (tertiary/aromatic N) is 2. The lowest BCUT2D eigenvalue weighted by Gasteiger charge is -2.17. The van der Waals surface area contributed by atoms with E-state index in [1.54, 1.807) is 7.11 Å². The fourth-order valence-electron chi connectivity index (χ4n) is 3.36. The maximum Gasteiger partial charge on any atom is 0.212 e. The van der Waals surface area contributed by atoms with Gasteiger partial charge in [0, 0.05) is 43.6 Å². The number of anilines is 1. The number of ether oxygens (including phenoxy) is 1. The smallest absolute Gasteiger partial charge is 0.212 e. The second kappa shape index (κ2) is 11.7. The molecule has 6 heteroatoms. The van der Waals surface area contributed by atoms with Gasteiger partial charge in [-0.15, -0.1) is 0 Å². The van der Waals surface area contributed by atoms with Crippen molar-refractivity contribution in [2.24, 2.45) is 5.92 Å². The SMILES string of the molecule is CCC(NCCNCCCc1cccc(NCC2CC2)n1)c1ccc(OC)nc1. The van der Waals surface area contributed by atoms with E-state index in [9.17, 15) is 0 Å². The predicted molar refractivity (Wildman–Crippen MR) is 118 cm³/mol. The van der Waals surface area contributed by atoms with E-state index in [2.05, 4.69) is 52.1 Å². The number of methoxy groups -OCH3 is 1. The van der Waals surface area contributed by atoms with Crippen molar-refractivity contribution in [3.05, 3.63) is 47.8 Å². The summed E-state index contributed by atoms with van der Waals surface area (Å²) >= 11 is 0. The molecule has 2 aromatic rings. The van der Waals surface area contributed by atoms with Crippen LogP contribution in [0.1, 0.15) is 49.9 Å². The maximum absolute atomic E-state index is 5.13. The Morgan fingerprint density at radius 1 is 1.14 bits per heavy atom. The zero-order valence-electron chi connectivity index (χ0n) is 17.8. The molecule has 6 nitrogen and oxygen atoms in total. The average Bonchev–Trinajstić information content (AvgIpc) is 3.59. The van der Waals surface area contributed by atoms with Crippen molar-refractivity contribution in [2.75, 3.05) is 38.6 Å². The third kappa shape index (κ3) is 7.63. The Kier molecular flexibility index (Phi) is 8.71. The number of pyridine rings is 2. The van der Waals surface area contributed by atoms with Crippen LogP contribution in [0.2, 0.25) is 0 Å². The zero-order valence-corrected chi connectivity index (χ0v) is 17.8. The first-order valence-electron chi connectivity index (χ1n) is 10.9. The Morgan fingerprint density at radius 3 is 2.76 bits per heavy atom. The number of rotatable bonds is 14. The standard InChI is InChI=1S/C23H35N5O/c1-3-21(19-11-12-23(29-2)27-17-19)25-15-14-24-13-5-7-20-6-4-8-22(28-20)26-16-18-9-10-18/h4,6,8,11-12,17-18,21,24-25H,3,5,7,9-10,13-16H2,1-2H3,(H,26,28). The summed E-state index contributed by atoms with van der Waals surface area (Å²) in [5, 5.41) is 10.6. The Balaban J connectivity index is 1.27. The molecule has 1 aliphatic rings. The molecule has 1 saturated carbocycles. The fraction of sp³-hybridized carbons (Fsp3) is 0.565. The molecule has 0 radical (unpaired) electrons. The van der Waals surface area contributed by atoms with Crippen molar-refractivity contribution in [1.29, 1.82) is 0 Å². The van der Waals surface area contributed by atoms with Crippen LogP contribution >= 0.6 is 0 Å². The van der Waals surface area contributed by atoms with Crippen LogP contribution in [-0.2, 0) is 6.42 Å². The molecule has 158 valence electrons. The number of hydrogen-bond acceptors (Lipinski definition) is 6. The molecule has 0 aliphatic heterocycles. The summed E-state index contributed by atoms with van der Waals surface area (Å²) in [6.07, 6.45) is 7.76. The van der Waals surface area contributed by atoms with E-state index in [1.165, 1.54) is 24.1 Å². The highest BCUT2D eigenvalue weighted by Crippen LogP contribution is 2.28. The van der Waals surface area contributed by atoms with Gasteiger partial charge < -0.3 is 20.7 Å². The first-order valence-corrected chi connectivity index (χ1v) is 10.9. The zero-order chi connectivity index (χ0) is 20.3. The molecule has 2 heterocycles. The molecule has 0 amide bonds. The van der Waals surface area contributed by atoms with E-state index >= 15 is 0 Å².